The molecule has 0 saturated heterocycles. The second-order valence-corrected chi connectivity index (χ2v) is 4.68. The topological polar surface area (TPSA) is 59.4 Å². The van der Waals surface area contributed by atoms with E-state index in [4.69, 9.17) is 9.84 Å². The highest BCUT2D eigenvalue weighted by Gasteiger charge is 2.29. The summed E-state index contributed by atoms with van der Waals surface area (Å²) in [6.07, 6.45) is 3.42. The van der Waals surface area contributed by atoms with E-state index < -0.39 is 11.6 Å². The summed E-state index contributed by atoms with van der Waals surface area (Å²) < 4.78 is 5.51. The predicted octanol–water partition coefficient (Wildman–Crippen LogP) is 2.99. The van der Waals surface area contributed by atoms with Crippen LogP contribution < -0.4 is 4.74 Å². The molecule has 0 aliphatic carbocycles. The van der Waals surface area contributed by atoms with Crippen LogP contribution in [0.2, 0.25) is 0 Å². The molecular weight excluding hydrogens is 242 g/mol. The molecule has 2 aromatic rings. The highest BCUT2D eigenvalue weighted by atomic mass is 16.5. The molecule has 4 nitrogen and oxygen atoms in total. The van der Waals surface area contributed by atoms with Crippen molar-refractivity contribution in [3.05, 3.63) is 48.8 Å². The molecule has 0 aliphatic heterocycles. The van der Waals surface area contributed by atoms with Crippen LogP contribution in [0.5, 0.6) is 5.75 Å². The van der Waals surface area contributed by atoms with Crippen LogP contribution in [0.1, 0.15) is 13.8 Å². The number of carboxylic acids is 1. The molecule has 1 heterocycles. The van der Waals surface area contributed by atoms with Crippen molar-refractivity contribution in [1.82, 2.24) is 4.98 Å². The van der Waals surface area contributed by atoms with Crippen molar-refractivity contribution in [1.29, 1.82) is 0 Å². The van der Waals surface area contributed by atoms with Gasteiger partial charge in [-0.05, 0) is 49.2 Å². The molecule has 0 atom stereocenters. The third kappa shape index (κ3) is 3.10. The lowest BCUT2D eigenvalue weighted by Gasteiger charge is -2.21. The molecule has 0 aliphatic rings. The lowest BCUT2D eigenvalue weighted by molar-refractivity contribution is -0.152. The predicted molar refractivity (Wildman–Crippen MR) is 72.0 cm³/mol. The third-order valence-electron chi connectivity index (χ3n) is 2.74. The van der Waals surface area contributed by atoms with Gasteiger partial charge in [0.15, 0.2) is 5.60 Å². The lowest BCUT2D eigenvalue weighted by Crippen LogP contribution is -2.37. The van der Waals surface area contributed by atoms with Crippen molar-refractivity contribution in [2.24, 2.45) is 0 Å². The van der Waals surface area contributed by atoms with E-state index in [1.54, 1.807) is 18.5 Å². The average Bonchev–Trinajstić information content (AvgIpc) is 2.39. The van der Waals surface area contributed by atoms with Crippen LogP contribution in [0, 0.1) is 0 Å². The minimum absolute atomic E-state index is 0.529. The Bertz CT molecular complexity index is 579. The van der Waals surface area contributed by atoms with Gasteiger partial charge in [-0.15, -0.1) is 0 Å². The summed E-state index contributed by atoms with van der Waals surface area (Å²) in [5, 5.41) is 9.06. The highest BCUT2D eigenvalue weighted by molar-refractivity contribution is 5.77. The number of benzene rings is 1. The Kier molecular flexibility index (Phi) is 3.51. The van der Waals surface area contributed by atoms with Crippen molar-refractivity contribution >= 4 is 5.97 Å². The summed E-state index contributed by atoms with van der Waals surface area (Å²) in [5.74, 6) is -0.469. The fraction of sp³-hybridized carbons (Fsp3) is 0.200. The highest BCUT2D eigenvalue weighted by Crippen LogP contribution is 2.25. The zero-order valence-corrected chi connectivity index (χ0v) is 10.8. The lowest BCUT2D eigenvalue weighted by atomic mass is 10.1. The van der Waals surface area contributed by atoms with E-state index in [2.05, 4.69) is 4.98 Å². The SMILES string of the molecule is CC(C)(Oc1cccc(-c2ccncc2)c1)C(=O)O. The summed E-state index contributed by atoms with van der Waals surface area (Å²) >= 11 is 0. The molecular formula is C15H15NO3. The quantitative estimate of drug-likeness (QED) is 0.914. The molecule has 1 N–H and O–H groups in total. The largest absolute Gasteiger partial charge is 0.478 e. The minimum Gasteiger partial charge on any atom is -0.478 e. The Hall–Kier alpha value is -2.36. The Balaban J connectivity index is 2.28. The van der Waals surface area contributed by atoms with Gasteiger partial charge in [0.1, 0.15) is 5.75 Å². The summed E-state index contributed by atoms with van der Waals surface area (Å²) in [7, 11) is 0. The minimum atomic E-state index is -1.25. The van der Waals surface area contributed by atoms with E-state index in [0.717, 1.165) is 11.1 Å². The van der Waals surface area contributed by atoms with Crippen LogP contribution in [0.25, 0.3) is 11.1 Å². The number of carboxylic acid groups (broad SMARTS) is 1. The number of nitrogens with zero attached hydrogens (tertiary/aromatic N) is 1. The monoisotopic (exact) mass is 257 g/mol. The number of ether oxygens (including phenoxy) is 1. The molecule has 0 unspecified atom stereocenters. The number of rotatable bonds is 4. The van der Waals surface area contributed by atoms with Crippen LogP contribution in [0.4, 0.5) is 0 Å². The summed E-state index contributed by atoms with van der Waals surface area (Å²) in [4.78, 5) is 15.0. The number of aliphatic carboxylic acids is 1. The van der Waals surface area contributed by atoms with Crippen LogP contribution in [-0.2, 0) is 4.79 Å². The number of aromatic nitrogens is 1. The van der Waals surface area contributed by atoms with Crippen LogP contribution in [-0.4, -0.2) is 21.7 Å². The second-order valence-electron chi connectivity index (χ2n) is 4.68. The smallest absolute Gasteiger partial charge is 0.347 e. The molecule has 0 radical (unpaired) electrons. The van der Waals surface area contributed by atoms with Crippen molar-refractivity contribution in [2.45, 2.75) is 19.4 Å². The molecule has 2 rings (SSSR count). The standard InChI is InChI=1S/C15H15NO3/c1-15(2,14(17)18)19-13-5-3-4-12(10-13)11-6-8-16-9-7-11/h3-10H,1-2H3,(H,17,18). The van der Waals surface area contributed by atoms with E-state index >= 15 is 0 Å². The van der Waals surface area contributed by atoms with E-state index in [-0.39, 0.29) is 0 Å². The van der Waals surface area contributed by atoms with Crippen LogP contribution in [0.3, 0.4) is 0 Å². The summed E-state index contributed by atoms with van der Waals surface area (Å²) in [6.45, 7) is 3.04. The van der Waals surface area contributed by atoms with Gasteiger partial charge in [-0.3, -0.25) is 4.98 Å². The average molecular weight is 257 g/mol. The van der Waals surface area contributed by atoms with Gasteiger partial charge in [0, 0.05) is 12.4 Å². The van der Waals surface area contributed by atoms with Crippen molar-refractivity contribution in [2.75, 3.05) is 0 Å². The van der Waals surface area contributed by atoms with Gasteiger partial charge in [0.05, 0.1) is 0 Å². The van der Waals surface area contributed by atoms with Crippen LogP contribution in [0.15, 0.2) is 48.8 Å². The molecule has 0 bridgehead atoms. The maximum atomic E-state index is 11.0. The van der Waals surface area contributed by atoms with Gasteiger partial charge in [-0.1, -0.05) is 12.1 Å². The number of hydrogen-bond donors (Lipinski definition) is 1. The molecule has 0 fully saturated rings. The fourth-order valence-corrected chi connectivity index (χ4v) is 1.62. The molecule has 0 amide bonds. The molecule has 98 valence electrons. The van der Waals surface area contributed by atoms with Crippen LogP contribution >= 0.6 is 0 Å². The first-order chi connectivity index (χ1) is 8.99. The first-order valence-corrected chi connectivity index (χ1v) is 5.92. The Morgan fingerprint density at radius 1 is 1.16 bits per heavy atom. The summed E-state index contributed by atoms with van der Waals surface area (Å²) in [6, 6.07) is 11.1. The maximum Gasteiger partial charge on any atom is 0.347 e. The van der Waals surface area contributed by atoms with Crippen molar-refractivity contribution < 1.29 is 14.6 Å². The number of pyridine rings is 1. The second kappa shape index (κ2) is 5.10. The van der Waals surface area contributed by atoms with Crippen molar-refractivity contribution in [3.63, 3.8) is 0 Å². The maximum absolute atomic E-state index is 11.0. The van der Waals surface area contributed by atoms with Gasteiger partial charge in [-0.2, -0.15) is 0 Å². The first kappa shape index (κ1) is 13.1. The molecule has 0 saturated carbocycles. The normalized spacial score (nSPS) is 11.1. The molecule has 0 spiro atoms. The van der Waals surface area contributed by atoms with Gasteiger partial charge >= 0.3 is 5.97 Å². The fourth-order valence-electron chi connectivity index (χ4n) is 1.62. The van der Waals surface area contributed by atoms with Crippen molar-refractivity contribution in [3.8, 4) is 16.9 Å². The van der Waals surface area contributed by atoms with E-state index in [9.17, 15) is 4.79 Å². The number of hydrogen-bond acceptors (Lipinski definition) is 3. The van der Waals surface area contributed by atoms with E-state index in [0.29, 0.717) is 5.75 Å². The summed E-state index contributed by atoms with van der Waals surface area (Å²) in [5.41, 5.74) is 0.714. The molecule has 19 heavy (non-hydrogen) atoms. The van der Waals surface area contributed by atoms with Gasteiger partial charge in [-0.25, -0.2) is 4.79 Å². The number of carbonyl (C=O) groups is 1. The molecule has 1 aromatic carbocycles. The van der Waals surface area contributed by atoms with Gasteiger partial charge in [0.25, 0.3) is 0 Å². The van der Waals surface area contributed by atoms with Gasteiger partial charge < -0.3 is 9.84 Å². The Morgan fingerprint density at radius 2 is 1.84 bits per heavy atom. The van der Waals surface area contributed by atoms with E-state index in [1.807, 2.05) is 30.3 Å². The Labute approximate surface area is 111 Å². The molecule has 4 heteroatoms. The zero-order chi connectivity index (χ0) is 13.9. The van der Waals surface area contributed by atoms with Gasteiger partial charge in [0.2, 0.25) is 0 Å². The first-order valence-electron chi connectivity index (χ1n) is 5.92. The van der Waals surface area contributed by atoms with E-state index in [1.165, 1.54) is 13.8 Å². The third-order valence-corrected chi connectivity index (χ3v) is 2.74. The Morgan fingerprint density at radius 3 is 2.47 bits per heavy atom. The molecule has 1 aromatic heterocycles. The zero-order valence-electron chi connectivity index (χ0n) is 10.8.